The van der Waals surface area contributed by atoms with Crippen LogP contribution in [-0.2, 0) is 0 Å². The average Bonchev–Trinajstić information content (AvgIpc) is 2.49. The molecule has 2 unspecified atom stereocenters. The molecule has 0 radical (unpaired) electrons. The van der Waals surface area contributed by atoms with E-state index in [9.17, 15) is 5.11 Å². The van der Waals surface area contributed by atoms with Crippen LogP contribution in [0.15, 0.2) is 18.2 Å². The third kappa shape index (κ3) is 4.45. The molecule has 1 aliphatic rings. The predicted octanol–water partition coefficient (Wildman–Crippen LogP) is 3.62. The second-order valence-corrected chi connectivity index (χ2v) is 6.38. The highest BCUT2D eigenvalue weighted by molar-refractivity contribution is 5.37. The van der Waals surface area contributed by atoms with Gasteiger partial charge in [0.05, 0.1) is 0 Å². The number of phenolic OH excluding ortho intramolecular Hbond substituents is 1. The quantitative estimate of drug-likeness (QED) is 0.840. The van der Waals surface area contributed by atoms with Crippen LogP contribution in [0.25, 0.3) is 0 Å². The number of hydrogen-bond acceptors (Lipinski definition) is 3. The lowest BCUT2D eigenvalue weighted by molar-refractivity contribution is 0.174. The number of aromatic hydroxyl groups is 1. The number of piperidine rings is 1. The Bertz CT molecular complexity index is 441. The second kappa shape index (κ2) is 7.81. The molecule has 1 aromatic rings. The second-order valence-electron chi connectivity index (χ2n) is 6.38. The molecule has 21 heavy (non-hydrogen) atoms. The van der Waals surface area contributed by atoms with Gasteiger partial charge in [-0.2, -0.15) is 0 Å². The van der Waals surface area contributed by atoms with Crippen LogP contribution in [0.1, 0.15) is 56.7 Å². The van der Waals surface area contributed by atoms with Gasteiger partial charge in [0.1, 0.15) is 5.75 Å². The Morgan fingerprint density at radius 2 is 2.19 bits per heavy atom. The molecule has 0 aromatic heterocycles. The number of hydrogen-bond donors (Lipinski definition) is 2. The third-order valence-electron chi connectivity index (χ3n) is 4.56. The van der Waals surface area contributed by atoms with Crippen molar-refractivity contribution >= 4 is 0 Å². The van der Waals surface area contributed by atoms with Crippen LogP contribution in [-0.4, -0.2) is 35.7 Å². The maximum atomic E-state index is 10.2. The topological polar surface area (TPSA) is 35.5 Å². The molecule has 0 bridgehead atoms. The summed E-state index contributed by atoms with van der Waals surface area (Å²) >= 11 is 0. The smallest absolute Gasteiger partial charge is 0.120 e. The summed E-state index contributed by atoms with van der Waals surface area (Å²) in [6, 6.07) is 6.77. The standard InChI is InChI=1S/C18H30N2O/c1-4-11-20(13-16-7-5-6-10-19-16)15(3)17-12-14(2)8-9-18(17)21/h8-9,12,15-16,19,21H,4-7,10-11,13H2,1-3H3. The van der Waals surface area contributed by atoms with Crippen LogP contribution < -0.4 is 5.32 Å². The number of rotatable bonds is 6. The van der Waals surface area contributed by atoms with Crippen LogP contribution in [0.3, 0.4) is 0 Å². The minimum atomic E-state index is 0.258. The van der Waals surface area contributed by atoms with Crippen LogP contribution in [0, 0.1) is 6.92 Å². The highest BCUT2D eigenvalue weighted by Crippen LogP contribution is 2.30. The van der Waals surface area contributed by atoms with Crippen molar-refractivity contribution in [3.63, 3.8) is 0 Å². The summed E-state index contributed by atoms with van der Waals surface area (Å²) in [5.74, 6) is 0.422. The molecule has 1 aliphatic heterocycles. The van der Waals surface area contributed by atoms with E-state index in [0.717, 1.165) is 31.6 Å². The van der Waals surface area contributed by atoms with Crippen LogP contribution >= 0.6 is 0 Å². The van der Waals surface area contributed by atoms with Gasteiger partial charge >= 0.3 is 0 Å². The van der Waals surface area contributed by atoms with E-state index < -0.39 is 0 Å². The molecule has 1 heterocycles. The fourth-order valence-corrected chi connectivity index (χ4v) is 3.30. The Morgan fingerprint density at radius 3 is 2.86 bits per heavy atom. The van der Waals surface area contributed by atoms with E-state index >= 15 is 0 Å². The molecule has 0 spiro atoms. The van der Waals surface area contributed by atoms with Gasteiger partial charge in [0.15, 0.2) is 0 Å². The van der Waals surface area contributed by atoms with Gasteiger partial charge in [-0.15, -0.1) is 0 Å². The summed E-state index contributed by atoms with van der Waals surface area (Å²) in [5.41, 5.74) is 2.26. The molecule has 3 heteroatoms. The van der Waals surface area contributed by atoms with Crippen molar-refractivity contribution in [2.75, 3.05) is 19.6 Å². The largest absolute Gasteiger partial charge is 0.508 e. The fraction of sp³-hybridized carbons (Fsp3) is 0.667. The summed E-state index contributed by atoms with van der Waals surface area (Å²) in [6.45, 7) is 9.82. The van der Waals surface area contributed by atoms with Crippen LogP contribution in [0.5, 0.6) is 5.75 Å². The summed E-state index contributed by atoms with van der Waals surface area (Å²) in [5, 5.41) is 13.8. The summed E-state index contributed by atoms with van der Waals surface area (Å²) in [7, 11) is 0. The van der Waals surface area contributed by atoms with Gasteiger partial charge in [-0.3, -0.25) is 4.90 Å². The van der Waals surface area contributed by atoms with E-state index in [2.05, 4.69) is 37.1 Å². The minimum absolute atomic E-state index is 0.258. The summed E-state index contributed by atoms with van der Waals surface area (Å²) < 4.78 is 0. The molecule has 118 valence electrons. The number of nitrogens with one attached hydrogen (secondary N) is 1. The van der Waals surface area contributed by atoms with Gasteiger partial charge in [0, 0.05) is 24.2 Å². The van der Waals surface area contributed by atoms with E-state index in [1.54, 1.807) is 0 Å². The summed E-state index contributed by atoms with van der Waals surface area (Å²) in [4.78, 5) is 2.51. The third-order valence-corrected chi connectivity index (χ3v) is 4.56. The van der Waals surface area contributed by atoms with E-state index in [0.29, 0.717) is 11.8 Å². The monoisotopic (exact) mass is 290 g/mol. The number of nitrogens with zero attached hydrogens (tertiary/aromatic N) is 1. The summed E-state index contributed by atoms with van der Waals surface area (Å²) in [6.07, 6.45) is 5.05. The molecular weight excluding hydrogens is 260 g/mol. The number of phenols is 1. The molecule has 0 saturated carbocycles. The van der Waals surface area contributed by atoms with Crippen molar-refractivity contribution in [2.45, 2.75) is 58.5 Å². The normalized spacial score (nSPS) is 20.7. The lowest BCUT2D eigenvalue weighted by Crippen LogP contribution is -2.44. The van der Waals surface area contributed by atoms with Crippen molar-refractivity contribution in [1.82, 2.24) is 10.2 Å². The van der Waals surface area contributed by atoms with E-state index in [1.165, 1.54) is 24.8 Å². The first-order valence-corrected chi connectivity index (χ1v) is 8.38. The Hall–Kier alpha value is -1.06. The van der Waals surface area contributed by atoms with Crippen molar-refractivity contribution in [3.8, 4) is 5.75 Å². The maximum Gasteiger partial charge on any atom is 0.120 e. The Kier molecular flexibility index (Phi) is 6.07. The molecular formula is C18H30N2O. The molecule has 2 rings (SSSR count). The first-order chi connectivity index (χ1) is 10.1. The Balaban J connectivity index is 2.10. The first-order valence-electron chi connectivity index (χ1n) is 8.38. The fourth-order valence-electron chi connectivity index (χ4n) is 3.30. The SMILES string of the molecule is CCCN(CC1CCCCN1)C(C)c1cc(C)ccc1O. The highest BCUT2D eigenvalue weighted by atomic mass is 16.3. The van der Waals surface area contributed by atoms with E-state index in [4.69, 9.17) is 0 Å². The van der Waals surface area contributed by atoms with Crippen molar-refractivity contribution in [1.29, 1.82) is 0 Å². The van der Waals surface area contributed by atoms with Gasteiger partial charge in [-0.25, -0.2) is 0 Å². The molecule has 0 amide bonds. The van der Waals surface area contributed by atoms with Gasteiger partial charge in [-0.1, -0.05) is 31.0 Å². The molecule has 1 aromatic carbocycles. The van der Waals surface area contributed by atoms with Crippen molar-refractivity contribution in [3.05, 3.63) is 29.3 Å². The molecule has 0 aliphatic carbocycles. The molecule has 2 N–H and O–H groups in total. The Labute approximate surface area is 129 Å². The zero-order valence-electron chi connectivity index (χ0n) is 13.7. The average molecular weight is 290 g/mol. The highest BCUT2D eigenvalue weighted by Gasteiger charge is 2.22. The minimum Gasteiger partial charge on any atom is -0.508 e. The van der Waals surface area contributed by atoms with Crippen molar-refractivity contribution in [2.24, 2.45) is 0 Å². The predicted molar refractivity (Wildman–Crippen MR) is 88.8 cm³/mol. The maximum absolute atomic E-state index is 10.2. The van der Waals surface area contributed by atoms with Gasteiger partial charge < -0.3 is 10.4 Å². The lowest BCUT2D eigenvalue weighted by Gasteiger charge is -2.35. The molecule has 2 atom stereocenters. The van der Waals surface area contributed by atoms with E-state index in [1.807, 2.05) is 12.1 Å². The first kappa shape index (κ1) is 16.3. The van der Waals surface area contributed by atoms with Gasteiger partial charge in [0.2, 0.25) is 0 Å². The zero-order valence-corrected chi connectivity index (χ0v) is 13.7. The molecule has 3 nitrogen and oxygen atoms in total. The van der Waals surface area contributed by atoms with Crippen molar-refractivity contribution < 1.29 is 5.11 Å². The van der Waals surface area contributed by atoms with Gasteiger partial charge in [0.25, 0.3) is 0 Å². The number of aryl methyl sites for hydroxylation is 1. The van der Waals surface area contributed by atoms with Crippen LogP contribution in [0.4, 0.5) is 0 Å². The molecule has 1 fully saturated rings. The lowest BCUT2D eigenvalue weighted by atomic mass is 10.00. The molecule has 1 saturated heterocycles. The Morgan fingerprint density at radius 1 is 1.38 bits per heavy atom. The van der Waals surface area contributed by atoms with Gasteiger partial charge in [-0.05, 0) is 52.3 Å². The number of benzene rings is 1. The van der Waals surface area contributed by atoms with Crippen LogP contribution in [0.2, 0.25) is 0 Å². The van der Waals surface area contributed by atoms with E-state index in [-0.39, 0.29) is 6.04 Å². The zero-order chi connectivity index (χ0) is 15.2.